The summed E-state index contributed by atoms with van der Waals surface area (Å²) in [7, 11) is 1.42. The van der Waals surface area contributed by atoms with Crippen molar-refractivity contribution in [2.24, 2.45) is 0 Å². The van der Waals surface area contributed by atoms with Gasteiger partial charge in [0.15, 0.2) is 11.5 Å². The lowest BCUT2D eigenvalue weighted by molar-refractivity contribution is -0.400. The first kappa shape index (κ1) is 19.1. The first-order valence-corrected chi connectivity index (χ1v) is 9.37. The zero-order valence-electron chi connectivity index (χ0n) is 11.9. The van der Waals surface area contributed by atoms with Crippen molar-refractivity contribution in [2.45, 2.75) is 0 Å². The number of halogens is 3. The Balaban J connectivity index is 2.32. The molecule has 10 heteroatoms. The second-order valence-electron chi connectivity index (χ2n) is 4.26. The minimum Gasteiger partial charge on any atom is -0.493 e. The highest BCUT2D eigenvalue weighted by atomic mass is 79.9. The summed E-state index contributed by atoms with van der Waals surface area (Å²) in [5.41, 5.74) is 0.525. The van der Waals surface area contributed by atoms with E-state index < -0.39 is 10.9 Å². The first-order valence-electron chi connectivity index (χ1n) is 6.18. The minimum atomic E-state index is -0.569. The third-order valence-electron chi connectivity index (χ3n) is 2.68. The zero-order valence-corrected chi connectivity index (χ0v) is 17.5. The number of esters is 1. The Morgan fingerprint density at radius 1 is 1.25 bits per heavy atom. The topological polar surface area (TPSA) is 78.7 Å². The van der Waals surface area contributed by atoms with Crippen LogP contribution >= 0.6 is 59.1 Å². The number of thiophene rings is 1. The van der Waals surface area contributed by atoms with Crippen molar-refractivity contribution >= 4 is 71.2 Å². The molecule has 0 saturated carbocycles. The number of methoxy groups -OCH3 is 1. The van der Waals surface area contributed by atoms with Crippen LogP contribution in [0.25, 0.3) is 6.08 Å². The van der Waals surface area contributed by atoms with Crippen LogP contribution < -0.4 is 9.47 Å². The fraction of sp³-hybridized carbons (Fsp3) is 0.0714. The second kappa shape index (κ2) is 8.24. The molecule has 0 aliphatic carbocycles. The molecule has 0 aliphatic rings. The van der Waals surface area contributed by atoms with E-state index in [1.165, 1.54) is 30.6 Å². The van der Waals surface area contributed by atoms with Crippen molar-refractivity contribution in [1.82, 2.24) is 0 Å². The number of nitro groups is 1. The van der Waals surface area contributed by atoms with Crippen LogP contribution in [0.2, 0.25) is 0 Å². The fourth-order valence-corrected chi connectivity index (χ4v) is 4.12. The maximum Gasteiger partial charge on any atom is 0.353 e. The number of nitrogens with zero attached hydrogens (tertiary/aromatic N) is 1. The smallest absolute Gasteiger partial charge is 0.353 e. The van der Waals surface area contributed by atoms with Gasteiger partial charge in [-0.15, -0.1) is 11.3 Å². The van der Waals surface area contributed by atoms with Crippen LogP contribution in [0.5, 0.6) is 11.5 Å². The van der Waals surface area contributed by atoms with E-state index in [4.69, 9.17) is 9.47 Å². The molecular weight excluding hydrogens is 534 g/mol. The standard InChI is InChI=1S/C14H8Br3NO5S/c1-22-10-5-7(2-3-18(20)21)4-8(15)12(10)23-14(19)11-6-9(16)13(17)24-11/h2-6H,1H3/b3-2+. The molecule has 2 rings (SSSR count). The molecule has 0 amide bonds. The van der Waals surface area contributed by atoms with E-state index in [1.54, 1.807) is 12.1 Å². The molecule has 24 heavy (non-hydrogen) atoms. The molecule has 0 aliphatic heterocycles. The molecule has 0 fully saturated rings. The number of hydrogen-bond donors (Lipinski definition) is 0. The average Bonchev–Trinajstić information content (AvgIpc) is 2.86. The molecule has 1 aromatic carbocycles. The maximum atomic E-state index is 12.3. The van der Waals surface area contributed by atoms with Crippen LogP contribution in [0.3, 0.4) is 0 Å². The van der Waals surface area contributed by atoms with Gasteiger partial charge < -0.3 is 9.47 Å². The van der Waals surface area contributed by atoms with Crippen molar-refractivity contribution in [3.05, 3.63) is 57.7 Å². The van der Waals surface area contributed by atoms with E-state index >= 15 is 0 Å². The molecule has 6 nitrogen and oxygen atoms in total. The summed E-state index contributed by atoms with van der Waals surface area (Å²) in [6, 6.07) is 4.77. The molecule has 0 bridgehead atoms. The Bertz CT molecular complexity index is 815. The van der Waals surface area contributed by atoms with Crippen molar-refractivity contribution in [3.8, 4) is 11.5 Å². The van der Waals surface area contributed by atoms with Gasteiger partial charge in [-0.25, -0.2) is 4.79 Å². The lowest BCUT2D eigenvalue weighted by Gasteiger charge is -2.11. The van der Waals surface area contributed by atoms with Crippen molar-refractivity contribution in [2.75, 3.05) is 7.11 Å². The summed E-state index contributed by atoms with van der Waals surface area (Å²) in [5, 5.41) is 10.4. The van der Waals surface area contributed by atoms with Crippen LogP contribution in [0, 0.1) is 10.1 Å². The Morgan fingerprint density at radius 3 is 2.50 bits per heavy atom. The normalized spacial score (nSPS) is 10.8. The van der Waals surface area contributed by atoms with Crippen LogP contribution in [0.15, 0.2) is 37.1 Å². The molecule has 0 unspecified atom stereocenters. The van der Waals surface area contributed by atoms with Crippen molar-refractivity contribution in [1.29, 1.82) is 0 Å². The number of carbonyl (C=O) groups excluding carboxylic acids is 1. The van der Waals surface area contributed by atoms with Crippen LogP contribution in [-0.4, -0.2) is 18.0 Å². The molecule has 2 aromatic rings. The van der Waals surface area contributed by atoms with E-state index in [9.17, 15) is 14.9 Å². The van der Waals surface area contributed by atoms with Gasteiger partial charge in [-0.3, -0.25) is 10.1 Å². The Kier molecular flexibility index (Phi) is 6.55. The summed E-state index contributed by atoms with van der Waals surface area (Å²) in [5.74, 6) is -0.0733. The van der Waals surface area contributed by atoms with Gasteiger partial charge in [-0.05, 0) is 71.6 Å². The van der Waals surface area contributed by atoms with E-state index in [0.29, 0.717) is 14.9 Å². The van der Waals surface area contributed by atoms with Crippen LogP contribution in [0.1, 0.15) is 15.2 Å². The lowest BCUT2D eigenvalue weighted by Crippen LogP contribution is -2.08. The van der Waals surface area contributed by atoms with Gasteiger partial charge in [-0.1, -0.05) is 0 Å². The molecule has 126 valence electrons. The summed E-state index contributed by atoms with van der Waals surface area (Å²) < 4.78 is 12.6. The second-order valence-corrected chi connectivity index (χ2v) is 8.34. The summed E-state index contributed by atoms with van der Waals surface area (Å²) >= 11 is 11.1. The number of hydrogen-bond acceptors (Lipinski definition) is 6. The Labute approximate surface area is 166 Å². The molecule has 0 radical (unpaired) electrons. The summed E-state index contributed by atoms with van der Waals surface area (Å²) in [6.45, 7) is 0. The monoisotopic (exact) mass is 539 g/mol. The molecule has 0 N–H and O–H groups in total. The van der Waals surface area contributed by atoms with Gasteiger partial charge in [0.25, 0.3) is 0 Å². The van der Waals surface area contributed by atoms with Gasteiger partial charge in [0, 0.05) is 10.5 Å². The Hall–Kier alpha value is -1.23. The lowest BCUT2D eigenvalue weighted by atomic mass is 10.2. The quantitative estimate of drug-likeness (QED) is 0.216. The number of rotatable bonds is 5. The number of benzene rings is 1. The highest BCUT2D eigenvalue weighted by Gasteiger charge is 2.19. The highest BCUT2D eigenvalue weighted by molar-refractivity contribution is 9.13. The molecule has 1 aromatic heterocycles. The zero-order chi connectivity index (χ0) is 17.9. The van der Waals surface area contributed by atoms with Gasteiger partial charge in [-0.2, -0.15) is 0 Å². The van der Waals surface area contributed by atoms with Crippen molar-refractivity contribution in [3.63, 3.8) is 0 Å². The van der Waals surface area contributed by atoms with Crippen molar-refractivity contribution < 1.29 is 19.2 Å². The molecule has 1 heterocycles. The number of ether oxygens (including phenoxy) is 2. The van der Waals surface area contributed by atoms with E-state index in [2.05, 4.69) is 47.8 Å². The fourth-order valence-electron chi connectivity index (χ4n) is 1.67. The van der Waals surface area contributed by atoms with Gasteiger partial charge >= 0.3 is 5.97 Å². The van der Waals surface area contributed by atoms with E-state index in [-0.39, 0.29) is 11.5 Å². The average molecular weight is 542 g/mol. The highest BCUT2D eigenvalue weighted by Crippen LogP contribution is 2.39. The SMILES string of the molecule is COc1cc(/C=C/[N+](=O)[O-])cc(Br)c1OC(=O)c1cc(Br)c(Br)s1. The predicted octanol–water partition coefficient (Wildman–Crippen LogP) is 5.51. The van der Waals surface area contributed by atoms with Crippen LogP contribution in [0.4, 0.5) is 0 Å². The number of carbonyl (C=O) groups is 1. The summed E-state index contributed by atoms with van der Waals surface area (Å²) in [4.78, 5) is 22.5. The Morgan fingerprint density at radius 2 is 1.96 bits per heavy atom. The third-order valence-corrected chi connectivity index (χ3v) is 6.51. The largest absolute Gasteiger partial charge is 0.493 e. The van der Waals surface area contributed by atoms with Crippen LogP contribution in [-0.2, 0) is 0 Å². The molecule has 0 saturated heterocycles. The maximum absolute atomic E-state index is 12.3. The van der Waals surface area contributed by atoms with Gasteiger partial charge in [0.2, 0.25) is 6.20 Å². The first-order chi connectivity index (χ1) is 11.3. The van der Waals surface area contributed by atoms with E-state index in [0.717, 1.165) is 14.5 Å². The minimum absolute atomic E-state index is 0.196. The summed E-state index contributed by atoms with van der Waals surface area (Å²) in [6.07, 6.45) is 2.12. The molecule has 0 atom stereocenters. The third kappa shape index (κ3) is 4.65. The molecule has 0 spiro atoms. The van der Waals surface area contributed by atoms with E-state index in [1.807, 2.05) is 0 Å². The molecular formula is C14H8Br3NO5S. The van der Waals surface area contributed by atoms with Gasteiger partial charge in [0.1, 0.15) is 4.88 Å². The predicted molar refractivity (Wildman–Crippen MR) is 101 cm³/mol. The van der Waals surface area contributed by atoms with Gasteiger partial charge in [0.05, 0.1) is 20.3 Å².